The van der Waals surface area contributed by atoms with Crippen LogP contribution in [0.15, 0.2) is 36.7 Å². The summed E-state index contributed by atoms with van der Waals surface area (Å²) in [7, 11) is 0. The molecule has 1 heterocycles. The van der Waals surface area contributed by atoms with Crippen LogP contribution in [0.1, 0.15) is 32.2 Å². The molecule has 0 amide bonds. The highest BCUT2D eigenvalue weighted by molar-refractivity contribution is 5.45. The van der Waals surface area contributed by atoms with Crippen LogP contribution in [0.25, 0.3) is 0 Å². The summed E-state index contributed by atoms with van der Waals surface area (Å²) >= 11 is 0. The van der Waals surface area contributed by atoms with Crippen molar-refractivity contribution >= 4 is 5.69 Å². The molecule has 0 atom stereocenters. The minimum atomic E-state index is 0.759. The Morgan fingerprint density at radius 3 is 2.71 bits per heavy atom. The van der Waals surface area contributed by atoms with Gasteiger partial charge in [0.25, 0.3) is 0 Å². The molecule has 0 bridgehead atoms. The van der Waals surface area contributed by atoms with Gasteiger partial charge in [-0.3, -0.25) is 4.90 Å². The molecule has 0 unspecified atom stereocenters. The average molecular weight is 286 g/mol. The molecule has 0 aliphatic rings. The molecule has 0 aliphatic carbocycles. The van der Waals surface area contributed by atoms with Gasteiger partial charge < -0.3 is 9.88 Å². The molecule has 1 aromatic carbocycles. The predicted octanol–water partition coefficient (Wildman–Crippen LogP) is 3.36. The van der Waals surface area contributed by atoms with Crippen molar-refractivity contribution in [1.82, 2.24) is 14.5 Å². The molecule has 2 aromatic rings. The van der Waals surface area contributed by atoms with Gasteiger partial charge in [0.1, 0.15) is 5.82 Å². The van der Waals surface area contributed by atoms with E-state index in [-0.39, 0.29) is 0 Å². The van der Waals surface area contributed by atoms with Crippen LogP contribution in [-0.4, -0.2) is 27.5 Å². The first-order valence-electron chi connectivity index (χ1n) is 7.82. The predicted molar refractivity (Wildman–Crippen MR) is 88.3 cm³/mol. The number of imidazole rings is 1. The number of aryl methyl sites for hydroxylation is 1. The van der Waals surface area contributed by atoms with Crippen molar-refractivity contribution in [3.8, 4) is 0 Å². The SMILES string of the molecule is CCN(CC)Cc1cccc(NCc2nccn2CC)c1. The van der Waals surface area contributed by atoms with Gasteiger partial charge in [-0.1, -0.05) is 26.0 Å². The summed E-state index contributed by atoms with van der Waals surface area (Å²) in [5.74, 6) is 1.08. The van der Waals surface area contributed by atoms with Crippen LogP contribution < -0.4 is 5.32 Å². The molecule has 0 radical (unpaired) electrons. The average Bonchev–Trinajstić information content (AvgIpc) is 2.98. The van der Waals surface area contributed by atoms with E-state index in [4.69, 9.17) is 0 Å². The molecular formula is C17H26N4. The Labute approximate surface area is 127 Å². The maximum atomic E-state index is 4.39. The molecule has 21 heavy (non-hydrogen) atoms. The Balaban J connectivity index is 1.97. The topological polar surface area (TPSA) is 33.1 Å². The summed E-state index contributed by atoms with van der Waals surface area (Å²) in [5, 5.41) is 3.47. The molecule has 1 N–H and O–H groups in total. The van der Waals surface area contributed by atoms with Crippen LogP contribution in [0.5, 0.6) is 0 Å². The van der Waals surface area contributed by atoms with Crippen LogP contribution in [-0.2, 0) is 19.6 Å². The number of benzene rings is 1. The van der Waals surface area contributed by atoms with Gasteiger partial charge >= 0.3 is 0 Å². The maximum absolute atomic E-state index is 4.39. The second kappa shape index (κ2) is 7.84. The third-order valence-corrected chi connectivity index (χ3v) is 3.82. The highest BCUT2D eigenvalue weighted by Gasteiger charge is 2.03. The standard InChI is InChI=1S/C17H26N4/c1-4-20(5-2)14-15-8-7-9-16(12-15)19-13-17-18-10-11-21(17)6-3/h7-12,19H,4-6,13-14H2,1-3H3. The van der Waals surface area contributed by atoms with Gasteiger partial charge in [0.05, 0.1) is 6.54 Å². The summed E-state index contributed by atoms with van der Waals surface area (Å²) in [6.07, 6.45) is 3.88. The van der Waals surface area contributed by atoms with Gasteiger partial charge in [0.2, 0.25) is 0 Å². The van der Waals surface area contributed by atoms with Crippen molar-refractivity contribution in [2.75, 3.05) is 18.4 Å². The number of hydrogen-bond donors (Lipinski definition) is 1. The van der Waals surface area contributed by atoms with E-state index >= 15 is 0 Å². The Morgan fingerprint density at radius 2 is 2.00 bits per heavy atom. The molecule has 4 heteroatoms. The van der Waals surface area contributed by atoms with Crippen LogP contribution in [0.4, 0.5) is 5.69 Å². The van der Waals surface area contributed by atoms with Crippen molar-refractivity contribution < 1.29 is 0 Å². The first-order chi connectivity index (χ1) is 10.3. The molecule has 114 valence electrons. The second-order valence-electron chi connectivity index (χ2n) is 5.14. The van der Waals surface area contributed by atoms with Gasteiger partial charge in [-0.15, -0.1) is 0 Å². The van der Waals surface area contributed by atoms with Gasteiger partial charge in [-0.05, 0) is 37.7 Å². The van der Waals surface area contributed by atoms with Crippen molar-refractivity contribution in [2.45, 2.75) is 40.4 Å². The summed E-state index contributed by atoms with van der Waals surface area (Å²) in [5.41, 5.74) is 2.51. The van der Waals surface area contributed by atoms with E-state index < -0.39 is 0 Å². The zero-order chi connectivity index (χ0) is 15.1. The van der Waals surface area contributed by atoms with Gasteiger partial charge in [0, 0.05) is 31.2 Å². The normalized spacial score (nSPS) is 11.0. The quantitative estimate of drug-likeness (QED) is 0.808. The van der Waals surface area contributed by atoms with Crippen molar-refractivity contribution in [2.24, 2.45) is 0 Å². The van der Waals surface area contributed by atoms with Crippen LogP contribution in [0.3, 0.4) is 0 Å². The summed E-state index contributed by atoms with van der Waals surface area (Å²) in [4.78, 5) is 6.81. The van der Waals surface area contributed by atoms with E-state index in [0.29, 0.717) is 0 Å². The second-order valence-corrected chi connectivity index (χ2v) is 5.14. The fourth-order valence-corrected chi connectivity index (χ4v) is 2.46. The smallest absolute Gasteiger partial charge is 0.128 e. The number of rotatable bonds is 8. The van der Waals surface area contributed by atoms with Crippen LogP contribution >= 0.6 is 0 Å². The lowest BCUT2D eigenvalue weighted by molar-refractivity contribution is 0.296. The third-order valence-electron chi connectivity index (χ3n) is 3.82. The summed E-state index contributed by atoms with van der Waals surface area (Å²) < 4.78 is 2.16. The van der Waals surface area contributed by atoms with Gasteiger partial charge in [-0.2, -0.15) is 0 Å². The zero-order valence-corrected chi connectivity index (χ0v) is 13.3. The first-order valence-corrected chi connectivity index (χ1v) is 7.82. The van der Waals surface area contributed by atoms with E-state index in [1.54, 1.807) is 0 Å². The lowest BCUT2D eigenvalue weighted by atomic mass is 10.2. The van der Waals surface area contributed by atoms with E-state index in [0.717, 1.165) is 44.2 Å². The fraction of sp³-hybridized carbons (Fsp3) is 0.471. The largest absolute Gasteiger partial charge is 0.378 e. The molecule has 0 saturated carbocycles. The monoisotopic (exact) mass is 286 g/mol. The maximum Gasteiger partial charge on any atom is 0.128 e. The van der Waals surface area contributed by atoms with E-state index in [2.05, 4.69) is 64.8 Å². The third kappa shape index (κ3) is 4.33. The van der Waals surface area contributed by atoms with E-state index in [1.807, 2.05) is 12.4 Å². The van der Waals surface area contributed by atoms with E-state index in [9.17, 15) is 0 Å². The van der Waals surface area contributed by atoms with Gasteiger partial charge in [-0.25, -0.2) is 4.98 Å². The summed E-state index contributed by atoms with van der Waals surface area (Å²) in [6, 6.07) is 8.66. The molecule has 2 rings (SSSR count). The molecule has 0 saturated heterocycles. The molecule has 1 aromatic heterocycles. The number of hydrogen-bond acceptors (Lipinski definition) is 3. The zero-order valence-electron chi connectivity index (χ0n) is 13.3. The minimum Gasteiger partial charge on any atom is -0.378 e. The molecular weight excluding hydrogens is 260 g/mol. The number of aromatic nitrogens is 2. The molecule has 0 aliphatic heterocycles. The van der Waals surface area contributed by atoms with Crippen LogP contribution in [0.2, 0.25) is 0 Å². The van der Waals surface area contributed by atoms with Crippen molar-refractivity contribution in [1.29, 1.82) is 0 Å². The fourth-order valence-electron chi connectivity index (χ4n) is 2.46. The molecule has 0 fully saturated rings. The highest BCUT2D eigenvalue weighted by Crippen LogP contribution is 2.13. The number of nitrogens with zero attached hydrogens (tertiary/aromatic N) is 3. The lowest BCUT2D eigenvalue weighted by Gasteiger charge is -2.18. The number of nitrogens with one attached hydrogen (secondary N) is 1. The van der Waals surface area contributed by atoms with Crippen molar-refractivity contribution in [3.63, 3.8) is 0 Å². The Kier molecular flexibility index (Phi) is 5.81. The molecule has 0 spiro atoms. The Hall–Kier alpha value is -1.81. The van der Waals surface area contributed by atoms with E-state index in [1.165, 1.54) is 5.56 Å². The van der Waals surface area contributed by atoms with Gasteiger partial charge in [0.15, 0.2) is 0 Å². The summed E-state index contributed by atoms with van der Waals surface area (Å²) in [6.45, 7) is 11.4. The molecule has 4 nitrogen and oxygen atoms in total. The van der Waals surface area contributed by atoms with Crippen molar-refractivity contribution in [3.05, 3.63) is 48.0 Å². The highest BCUT2D eigenvalue weighted by atomic mass is 15.1. The Bertz CT molecular complexity index is 543. The first kappa shape index (κ1) is 15.6. The number of anilines is 1. The lowest BCUT2D eigenvalue weighted by Crippen LogP contribution is -2.22. The Morgan fingerprint density at radius 1 is 1.19 bits per heavy atom. The van der Waals surface area contributed by atoms with Crippen LogP contribution in [0, 0.1) is 0 Å². The minimum absolute atomic E-state index is 0.759.